The van der Waals surface area contributed by atoms with Crippen molar-refractivity contribution in [3.63, 3.8) is 0 Å². The van der Waals surface area contributed by atoms with Crippen molar-refractivity contribution in [1.82, 2.24) is 4.90 Å². The van der Waals surface area contributed by atoms with Gasteiger partial charge in [0.05, 0.1) is 6.61 Å². The molecule has 20 heavy (non-hydrogen) atoms. The molecule has 0 aliphatic rings. The monoisotopic (exact) mass is 297 g/mol. The van der Waals surface area contributed by atoms with Crippen LogP contribution in [0.5, 0.6) is 5.75 Å². The second-order valence-electron chi connectivity index (χ2n) is 4.03. The number of halogens is 1. The molecule has 0 fully saturated rings. The Morgan fingerprint density at radius 3 is 2.65 bits per heavy atom. The Balaban J connectivity index is 2.96. The van der Waals surface area contributed by atoms with Crippen molar-refractivity contribution in [3.05, 3.63) is 34.9 Å². The van der Waals surface area contributed by atoms with E-state index in [9.17, 15) is 9.59 Å². The quantitative estimate of drug-likeness (QED) is 0.633. The molecule has 1 aromatic rings. The van der Waals surface area contributed by atoms with Gasteiger partial charge < -0.3 is 14.4 Å². The second-order valence-corrected chi connectivity index (χ2v) is 4.47. The van der Waals surface area contributed by atoms with Crippen LogP contribution in [-0.4, -0.2) is 37.7 Å². The van der Waals surface area contributed by atoms with Crippen LogP contribution >= 0.6 is 11.6 Å². The Morgan fingerprint density at radius 2 is 2.05 bits per heavy atom. The van der Waals surface area contributed by atoms with Gasteiger partial charge in [-0.1, -0.05) is 11.6 Å². The Labute approximate surface area is 122 Å². The minimum Gasteiger partial charge on any atom is -0.463 e. The van der Waals surface area contributed by atoms with Crippen LogP contribution in [-0.2, 0) is 9.53 Å². The summed E-state index contributed by atoms with van der Waals surface area (Å²) in [7, 11) is 3.15. The first-order chi connectivity index (χ1) is 9.43. The number of benzene rings is 1. The van der Waals surface area contributed by atoms with Crippen LogP contribution in [0.2, 0.25) is 5.02 Å². The number of nitrogens with zero attached hydrogens (tertiary/aromatic N) is 1. The first-order valence-corrected chi connectivity index (χ1v) is 6.35. The standard InChI is InChI=1S/C14H16ClNO4/c1-4-19-13(17)8-5-10-9-11(15)6-7-12(10)20-14(18)16(2)3/h5-9H,4H2,1-3H3/b8-5+. The molecule has 1 amide bonds. The molecule has 0 aliphatic heterocycles. The molecular formula is C14H16ClNO4. The van der Waals surface area contributed by atoms with Crippen LogP contribution in [0.1, 0.15) is 12.5 Å². The van der Waals surface area contributed by atoms with E-state index in [1.54, 1.807) is 39.2 Å². The third-order valence-corrected chi connectivity index (χ3v) is 2.45. The molecule has 5 nitrogen and oxygen atoms in total. The number of ether oxygens (including phenoxy) is 2. The maximum Gasteiger partial charge on any atom is 0.414 e. The van der Waals surface area contributed by atoms with Crippen molar-refractivity contribution < 1.29 is 19.1 Å². The minimum absolute atomic E-state index is 0.293. The van der Waals surface area contributed by atoms with Crippen LogP contribution in [0.15, 0.2) is 24.3 Å². The lowest BCUT2D eigenvalue weighted by Crippen LogP contribution is -2.25. The zero-order valence-corrected chi connectivity index (χ0v) is 12.3. The molecule has 1 aromatic carbocycles. The summed E-state index contributed by atoms with van der Waals surface area (Å²) in [6.45, 7) is 2.01. The average Bonchev–Trinajstić information content (AvgIpc) is 2.39. The second kappa shape index (κ2) is 7.55. The summed E-state index contributed by atoms with van der Waals surface area (Å²) in [5.74, 6) is -0.161. The van der Waals surface area contributed by atoms with E-state index in [0.29, 0.717) is 22.9 Å². The molecule has 1 rings (SSSR count). The fourth-order valence-corrected chi connectivity index (χ4v) is 1.46. The van der Waals surface area contributed by atoms with Crippen molar-refractivity contribution in [1.29, 1.82) is 0 Å². The number of rotatable bonds is 4. The van der Waals surface area contributed by atoms with Gasteiger partial charge in [0.2, 0.25) is 0 Å². The van der Waals surface area contributed by atoms with E-state index in [4.69, 9.17) is 21.1 Å². The van der Waals surface area contributed by atoms with Crippen LogP contribution in [0, 0.1) is 0 Å². The van der Waals surface area contributed by atoms with Crippen molar-refractivity contribution in [2.24, 2.45) is 0 Å². The van der Waals surface area contributed by atoms with Crippen LogP contribution in [0.3, 0.4) is 0 Å². The highest BCUT2D eigenvalue weighted by atomic mass is 35.5. The summed E-state index contributed by atoms with van der Waals surface area (Å²) in [6, 6.07) is 4.76. The first kappa shape index (κ1) is 16.0. The lowest BCUT2D eigenvalue weighted by atomic mass is 10.2. The summed E-state index contributed by atoms with van der Waals surface area (Å²) < 4.78 is 9.96. The Hall–Kier alpha value is -2.01. The first-order valence-electron chi connectivity index (χ1n) is 5.97. The number of carbonyl (C=O) groups excluding carboxylic acids is 2. The zero-order valence-electron chi connectivity index (χ0n) is 11.6. The van der Waals surface area contributed by atoms with Gasteiger partial charge in [-0.05, 0) is 31.2 Å². The molecule has 0 atom stereocenters. The largest absolute Gasteiger partial charge is 0.463 e. The molecule has 0 heterocycles. The molecule has 6 heteroatoms. The molecule has 0 aliphatic carbocycles. The van der Waals surface area contributed by atoms with Gasteiger partial charge in [0.25, 0.3) is 0 Å². The van der Waals surface area contributed by atoms with E-state index in [-0.39, 0.29) is 0 Å². The molecular weight excluding hydrogens is 282 g/mol. The molecule has 0 unspecified atom stereocenters. The van der Waals surface area contributed by atoms with Crippen molar-refractivity contribution in [2.45, 2.75) is 6.92 Å². The summed E-state index contributed by atoms with van der Waals surface area (Å²) in [5, 5.41) is 0.471. The maximum atomic E-state index is 11.5. The van der Waals surface area contributed by atoms with Gasteiger partial charge in [0.1, 0.15) is 5.75 Å². The Morgan fingerprint density at radius 1 is 1.35 bits per heavy atom. The van der Waals surface area contributed by atoms with Crippen molar-refractivity contribution >= 4 is 29.7 Å². The zero-order chi connectivity index (χ0) is 15.1. The van der Waals surface area contributed by atoms with E-state index < -0.39 is 12.1 Å². The molecule has 0 saturated carbocycles. The number of hydrogen-bond acceptors (Lipinski definition) is 4. The van der Waals surface area contributed by atoms with E-state index >= 15 is 0 Å². The smallest absolute Gasteiger partial charge is 0.414 e. The summed E-state index contributed by atoms with van der Waals surface area (Å²) >= 11 is 5.89. The SMILES string of the molecule is CCOC(=O)/C=C/c1cc(Cl)ccc1OC(=O)N(C)C. The van der Waals surface area contributed by atoms with Crippen LogP contribution in [0.4, 0.5) is 4.79 Å². The fraction of sp³-hybridized carbons (Fsp3) is 0.286. The van der Waals surface area contributed by atoms with E-state index in [1.807, 2.05) is 0 Å². The minimum atomic E-state index is -0.516. The van der Waals surface area contributed by atoms with Crippen LogP contribution in [0.25, 0.3) is 6.08 Å². The summed E-state index contributed by atoms with van der Waals surface area (Å²) in [6.07, 6.45) is 2.22. The third-order valence-electron chi connectivity index (χ3n) is 2.22. The summed E-state index contributed by atoms with van der Waals surface area (Å²) in [5.41, 5.74) is 0.515. The summed E-state index contributed by atoms with van der Waals surface area (Å²) in [4.78, 5) is 24.1. The average molecular weight is 298 g/mol. The van der Waals surface area contributed by atoms with Gasteiger partial charge in [0.15, 0.2) is 0 Å². The molecule has 108 valence electrons. The Kier molecular flexibility index (Phi) is 6.06. The van der Waals surface area contributed by atoms with Gasteiger partial charge in [-0.3, -0.25) is 0 Å². The number of carbonyl (C=O) groups is 2. The van der Waals surface area contributed by atoms with Gasteiger partial charge in [0, 0.05) is 30.8 Å². The molecule has 0 aromatic heterocycles. The van der Waals surface area contributed by atoms with E-state index in [1.165, 1.54) is 17.1 Å². The predicted molar refractivity (Wildman–Crippen MR) is 76.8 cm³/mol. The number of esters is 1. The predicted octanol–water partition coefficient (Wildman–Crippen LogP) is 2.98. The van der Waals surface area contributed by atoms with Crippen LogP contribution < -0.4 is 4.74 Å². The maximum absolute atomic E-state index is 11.5. The van der Waals surface area contributed by atoms with Gasteiger partial charge >= 0.3 is 12.1 Å². The van der Waals surface area contributed by atoms with Gasteiger partial charge in [-0.2, -0.15) is 0 Å². The van der Waals surface area contributed by atoms with Crippen molar-refractivity contribution in [3.8, 4) is 5.75 Å². The highest BCUT2D eigenvalue weighted by Gasteiger charge is 2.10. The highest BCUT2D eigenvalue weighted by molar-refractivity contribution is 6.30. The molecule has 0 N–H and O–H groups in total. The topological polar surface area (TPSA) is 55.8 Å². The fourth-order valence-electron chi connectivity index (χ4n) is 1.28. The molecule has 0 spiro atoms. The molecule has 0 bridgehead atoms. The lowest BCUT2D eigenvalue weighted by molar-refractivity contribution is -0.137. The van der Waals surface area contributed by atoms with E-state index in [2.05, 4.69) is 0 Å². The molecule has 0 saturated heterocycles. The highest BCUT2D eigenvalue weighted by Crippen LogP contribution is 2.24. The lowest BCUT2D eigenvalue weighted by Gasteiger charge is -2.12. The Bertz CT molecular complexity index is 526. The van der Waals surface area contributed by atoms with Crippen molar-refractivity contribution in [2.75, 3.05) is 20.7 Å². The molecule has 0 radical (unpaired) electrons. The third kappa shape index (κ3) is 4.93. The number of amides is 1. The number of hydrogen-bond donors (Lipinski definition) is 0. The van der Waals surface area contributed by atoms with Gasteiger partial charge in [-0.15, -0.1) is 0 Å². The van der Waals surface area contributed by atoms with Gasteiger partial charge in [-0.25, -0.2) is 9.59 Å². The normalized spacial score (nSPS) is 10.4. The van der Waals surface area contributed by atoms with E-state index in [0.717, 1.165) is 0 Å².